The van der Waals surface area contributed by atoms with E-state index in [1.54, 1.807) is 29.2 Å². The highest BCUT2D eigenvalue weighted by Gasteiger charge is 2.48. The van der Waals surface area contributed by atoms with Gasteiger partial charge >= 0.3 is 0 Å². The molecule has 1 fully saturated rings. The molecule has 0 aromatic heterocycles. The summed E-state index contributed by atoms with van der Waals surface area (Å²) in [6, 6.07) is 12.9. The van der Waals surface area contributed by atoms with Gasteiger partial charge in [-0.15, -0.1) is 0 Å². The number of halogens is 1. The lowest BCUT2D eigenvalue weighted by Gasteiger charge is -2.49. The van der Waals surface area contributed by atoms with Crippen LogP contribution in [0.1, 0.15) is 59.1 Å². The van der Waals surface area contributed by atoms with E-state index in [-0.39, 0.29) is 11.8 Å². The second-order valence-electron chi connectivity index (χ2n) is 10.3. The lowest BCUT2D eigenvalue weighted by Crippen LogP contribution is -2.59. The van der Waals surface area contributed by atoms with Crippen LogP contribution in [-0.4, -0.2) is 74.7 Å². The van der Waals surface area contributed by atoms with Gasteiger partial charge in [0.05, 0.1) is 37.8 Å². The Morgan fingerprint density at radius 1 is 1.10 bits per heavy atom. The van der Waals surface area contributed by atoms with Crippen LogP contribution in [0.15, 0.2) is 58.9 Å². The summed E-state index contributed by atoms with van der Waals surface area (Å²) in [5.41, 5.74) is 1.87. The zero-order valence-corrected chi connectivity index (χ0v) is 23.4. The van der Waals surface area contributed by atoms with E-state index in [2.05, 4.69) is 20.4 Å². The molecule has 3 aliphatic rings. The Morgan fingerprint density at radius 2 is 1.85 bits per heavy atom. The van der Waals surface area contributed by atoms with Crippen molar-refractivity contribution in [2.75, 3.05) is 32.4 Å². The molecule has 39 heavy (non-hydrogen) atoms. The summed E-state index contributed by atoms with van der Waals surface area (Å²) in [6.45, 7) is 2.26. The van der Waals surface area contributed by atoms with E-state index in [0.29, 0.717) is 55.2 Å². The fourth-order valence-electron chi connectivity index (χ4n) is 5.98. The Morgan fingerprint density at radius 3 is 2.56 bits per heavy atom. The van der Waals surface area contributed by atoms with Crippen molar-refractivity contribution in [2.24, 2.45) is 10.3 Å². The molecule has 5 rings (SSSR count). The van der Waals surface area contributed by atoms with E-state index in [1.807, 2.05) is 29.3 Å². The van der Waals surface area contributed by atoms with Crippen molar-refractivity contribution in [3.63, 3.8) is 0 Å². The number of nitrogens with zero attached hydrogens (tertiary/aromatic N) is 4. The van der Waals surface area contributed by atoms with Crippen molar-refractivity contribution in [2.45, 2.75) is 49.7 Å². The molecule has 0 bridgehead atoms. The molecule has 12 heteroatoms. The highest BCUT2D eigenvalue weighted by atomic mass is 35.5. The Bertz CT molecular complexity index is 1350. The van der Waals surface area contributed by atoms with Crippen LogP contribution in [0, 0.1) is 0 Å². The number of hydrogen-bond donors (Lipinski definition) is 2. The van der Waals surface area contributed by atoms with E-state index in [4.69, 9.17) is 11.6 Å². The summed E-state index contributed by atoms with van der Waals surface area (Å²) in [7, 11) is -3.52. The third kappa shape index (κ3) is 6.10. The maximum atomic E-state index is 14.2. The van der Waals surface area contributed by atoms with Crippen LogP contribution in [0.25, 0.3) is 0 Å². The van der Waals surface area contributed by atoms with Gasteiger partial charge in [-0.1, -0.05) is 60.0 Å². The number of rotatable bonds is 8. The first kappa shape index (κ1) is 27.5. The smallest absolute Gasteiger partial charge is 0.255 e. The molecule has 10 nitrogen and oxygen atoms in total. The van der Waals surface area contributed by atoms with E-state index >= 15 is 0 Å². The normalized spacial score (nSPS) is 25.0. The molecule has 0 saturated heterocycles. The van der Waals surface area contributed by atoms with Gasteiger partial charge in [0, 0.05) is 29.2 Å². The van der Waals surface area contributed by atoms with Crippen molar-refractivity contribution < 1.29 is 18.0 Å². The molecular formula is C27H33ClN6O4S. The molecule has 2 heterocycles. The van der Waals surface area contributed by atoms with Gasteiger partial charge in [-0.05, 0) is 42.2 Å². The average molecular weight is 573 g/mol. The second-order valence-corrected chi connectivity index (χ2v) is 12.5. The zero-order valence-electron chi connectivity index (χ0n) is 21.8. The van der Waals surface area contributed by atoms with Crippen LogP contribution in [-0.2, 0) is 14.8 Å². The van der Waals surface area contributed by atoms with Crippen LogP contribution in [0.3, 0.4) is 0 Å². The predicted octanol–water partition coefficient (Wildman–Crippen LogP) is 3.28. The number of fused-ring (bicyclic) bond motifs is 1. The average Bonchev–Trinajstić information content (AvgIpc) is 3.42. The molecule has 2 aromatic rings. The zero-order chi connectivity index (χ0) is 27.6. The topological polar surface area (TPSA) is 124 Å². The van der Waals surface area contributed by atoms with E-state index < -0.39 is 34.1 Å². The van der Waals surface area contributed by atoms with Gasteiger partial charge in [0.1, 0.15) is 0 Å². The molecule has 208 valence electrons. The predicted molar refractivity (Wildman–Crippen MR) is 148 cm³/mol. The highest BCUT2D eigenvalue weighted by Crippen LogP contribution is 2.46. The van der Waals surface area contributed by atoms with Crippen LogP contribution in [0.4, 0.5) is 0 Å². The monoisotopic (exact) mass is 572 g/mol. The van der Waals surface area contributed by atoms with Crippen molar-refractivity contribution >= 4 is 33.4 Å². The fourth-order valence-corrected chi connectivity index (χ4v) is 6.93. The summed E-state index contributed by atoms with van der Waals surface area (Å²) in [5.74, 6) is -1.13. The number of hydrogen-bond acceptors (Lipinski definition) is 7. The summed E-state index contributed by atoms with van der Waals surface area (Å²) in [4.78, 5) is 29.9. The first-order valence-electron chi connectivity index (χ1n) is 13.3. The van der Waals surface area contributed by atoms with Gasteiger partial charge in [-0.3, -0.25) is 14.6 Å². The molecule has 2 amide bonds. The van der Waals surface area contributed by atoms with Crippen LogP contribution in [0.2, 0.25) is 5.02 Å². The SMILES string of the molecule is CS(=O)(=O)N[C@H]1CCCC[C@@H]1N1C(=O)c2ccccc2[C@@H](C(=O)NCCN2CCN=N2)[C@@H]1c1ccc(Cl)cc1. The maximum absolute atomic E-state index is 14.2. The van der Waals surface area contributed by atoms with Crippen molar-refractivity contribution in [1.82, 2.24) is 19.9 Å². The standard InChI is InChI=1S/C27H33ClN6O4S/c1-39(37,38)31-22-8-4-5-9-23(22)34-25(18-10-12-19(28)13-11-18)24(20-6-2-3-7-21(20)27(34)36)26(35)29-14-16-33-17-15-30-32-33/h2-3,6-7,10-13,22-25,31H,4-5,8-9,14-17H2,1H3,(H,29,35)/t22-,23-,24+,25-/m0/s1. The lowest BCUT2D eigenvalue weighted by atomic mass is 9.76. The van der Waals surface area contributed by atoms with Gasteiger partial charge in [-0.25, -0.2) is 13.1 Å². The Kier molecular flexibility index (Phi) is 8.20. The maximum Gasteiger partial charge on any atom is 0.255 e. The molecule has 0 unspecified atom stereocenters. The first-order chi connectivity index (χ1) is 18.7. The number of benzene rings is 2. The van der Waals surface area contributed by atoms with E-state index in [0.717, 1.165) is 24.7 Å². The number of carbonyl (C=O) groups excluding carboxylic acids is 2. The molecular weight excluding hydrogens is 540 g/mol. The number of carbonyl (C=O) groups is 2. The van der Waals surface area contributed by atoms with Gasteiger partial charge in [0.25, 0.3) is 5.91 Å². The largest absolute Gasteiger partial charge is 0.354 e. The summed E-state index contributed by atoms with van der Waals surface area (Å²) in [5, 5.41) is 13.5. The minimum Gasteiger partial charge on any atom is -0.354 e. The highest BCUT2D eigenvalue weighted by molar-refractivity contribution is 7.88. The summed E-state index contributed by atoms with van der Waals surface area (Å²) >= 11 is 6.21. The minimum atomic E-state index is -3.52. The summed E-state index contributed by atoms with van der Waals surface area (Å²) in [6.07, 6.45) is 4.08. The quantitative estimate of drug-likeness (QED) is 0.502. The molecule has 2 N–H and O–H groups in total. The van der Waals surface area contributed by atoms with Gasteiger partial charge in [-0.2, -0.15) is 5.11 Å². The molecule has 4 atom stereocenters. The number of sulfonamides is 1. The molecule has 1 aliphatic carbocycles. The molecule has 2 aromatic carbocycles. The molecule has 0 radical (unpaired) electrons. The van der Waals surface area contributed by atoms with Crippen molar-refractivity contribution in [1.29, 1.82) is 0 Å². The number of nitrogens with one attached hydrogen (secondary N) is 2. The van der Waals surface area contributed by atoms with Crippen LogP contribution in [0.5, 0.6) is 0 Å². The van der Waals surface area contributed by atoms with Gasteiger partial charge in [0.2, 0.25) is 15.9 Å². The lowest BCUT2D eigenvalue weighted by molar-refractivity contribution is -0.124. The third-order valence-electron chi connectivity index (χ3n) is 7.64. The Hall–Kier alpha value is -3.02. The second kappa shape index (κ2) is 11.6. The van der Waals surface area contributed by atoms with E-state index in [1.165, 1.54) is 0 Å². The molecule has 2 aliphatic heterocycles. The fraction of sp³-hybridized carbons (Fsp3) is 0.481. The Labute approximate surface area is 233 Å². The van der Waals surface area contributed by atoms with E-state index in [9.17, 15) is 18.0 Å². The van der Waals surface area contributed by atoms with Gasteiger partial charge < -0.3 is 10.2 Å². The summed E-state index contributed by atoms with van der Waals surface area (Å²) < 4.78 is 27.3. The van der Waals surface area contributed by atoms with Gasteiger partial charge in [0.15, 0.2) is 0 Å². The van der Waals surface area contributed by atoms with Crippen molar-refractivity contribution in [3.05, 3.63) is 70.2 Å². The first-order valence-corrected chi connectivity index (χ1v) is 15.5. The molecule has 0 spiro atoms. The minimum absolute atomic E-state index is 0.209. The Balaban J connectivity index is 1.57. The van der Waals surface area contributed by atoms with Crippen LogP contribution >= 0.6 is 11.6 Å². The molecule has 1 saturated carbocycles. The number of amides is 2. The van der Waals surface area contributed by atoms with Crippen LogP contribution < -0.4 is 10.0 Å². The van der Waals surface area contributed by atoms with Crippen molar-refractivity contribution in [3.8, 4) is 0 Å². The third-order valence-corrected chi connectivity index (χ3v) is 8.62.